The Bertz CT molecular complexity index is 876. The number of hydrogen-bond acceptors (Lipinski definition) is 6. The van der Waals surface area contributed by atoms with E-state index in [2.05, 4.69) is 15.3 Å². The molecule has 7 heteroatoms. The maximum Gasteiger partial charge on any atom is 0.317 e. The number of carbonyl (C=O) groups excluding carboxylic acids is 2. The lowest BCUT2D eigenvalue weighted by molar-refractivity contribution is -0.133. The van der Waals surface area contributed by atoms with Crippen LogP contribution in [0.1, 0.15) is 12.6 Å². The Hall–Kier alpha value is -3.06. The van der Waals surface area contributed by atoms with Crippen LogP contribution < -0.4 is 10.1 Å². The van der Waals surface area contributed by atoms with Crippen molar-refractivity contribution in [2.45, 2.75) is 13.3 Å². The van der Waals surface area contributed by atoms with E-state index in [1.807, 2.05) is 17.5 Å². The van der Waals surface area contributed by atoms with Crippen molar-refractivity contribution in [1.82, 2.24) is 9.97 Å². The third-order valence-electron chi connectivity index (χ3n) is 3.19. The van der Waals surface area contributed by atoms with Crippen molar-refractivity contribution in [2.75, 3.05) is 5.32 Å². The average Bonchev–Trinajstić information content (AvgIpc) is 3.05. The van der Waals surface area contributed by atoms with Gasteiger partial charge in [0, 0.05) is 35.9 Å². The molecule has 1 N–H and O–H groups in total. The van der Waals surface area contributed by atoms with Gasteiger partial charge in [0.2, 0.25) is 5.91 Å². The van der Waals surface area contributed by atoms with E-state index in [1.54, 1.807) is 36.7 Å². The van der Waals surface area contributed by atoms with E-state index in [0.717, 1.165) is 10.6 Å². The van der Waals surface area contributed by atoms with Crippen LogP contribution in [0.5, 0.6) is 5.75 Å². The van der Waals surface area contributed by atoms with Gasteiger partial charge in [0.05, 0.1) is 12.1 Å². The highest BCUT2D eigenvalue weighted by atomic mass is 32.1. The highest BCUT2D eigenvalue weighted by molar-refractivity contribution is 7.13. The van der Waals surface area contributed by atoms with E-state index in [4.69, 9.17) is 4.74 Å². The first kappa shape index (κ1) is 16.8. The van der Waals surface area contributed by atoms with Crippen LogP contribution in [0.3, 0.4) is 0 Å². The molecule has 0 bridgehead atoms. The summed E-state index contributed by atoms with van der Waals surface area (Å²) in [6.07, 6.45) is 3.52. The Morgan fingerprint density at radius 1 is 1.20 bits per heavy atom. The van der Waals surface area contributed by atoms with Gasteiger partial charge in [-0.05, 0) is 36.4 Å². The summed E-state index contributed by atoms with van der Waals surface area (Å²) in [6.45, 7) is 1.43. The second-order valence-corrected chi connectivity index (χ2v) is 6.10. The molecule has 0 radical (unpaired) electrons. The average molecular weight is 353 g/mol. The van der Waals surface area contributed by atoms with Gasteiger partial charge in [-0.2, -0.15) is 0 Å². The lowest BCUT2D eigenvalue weighted by Gasteiger charge is -2.05. The number of nitrogens with one attached hydrogen (secondary N) is 1. The fraction of sp³-hybridized carbons (Fsp3) is 0.111. The number of benzene rings is 1. The molecule has 25 heavy (non-hydrogen) atoms. The molecule has 0 atom stereocenters. The van der Waals surface area contributed by atoms with E-state index in [1.165, 1.54) is 18.3 Å². The van der Waals surface area contributed by atoms with Crippen molar-refractivity contribution >= 4 is 28.9 Å². The molecule has 0 saturated carbocycles. The van der Waals surface area contributed by atoms with Gasteiger partial charge in [-0.3, -0.25) is 14.6 Å². The largest absolute Gasteiger partial charge is 0.426 e. The molecule has 0 spiro atoms. The number of hydrogen-bond donors (Lipinski definition) is 1. The zero-order valence-electron chi connectivity index (χ0n) is 13.4. The number of aromatic nitrogens is 2. The summed E-state index contributed by atoms with van der Waals surface area (Å²) in [5, 5.41) is 5.30. The van der Waals surface area contributed by atoms with Crippen LogP contribution in [0.2, 0.25) is 0 Å². The van der Waals surface area contributed by atoms with Crippen molar-refractivity contribution in [3.8, 4) is 16.3 Å². The Morgan fingerprint density at radius 2 is 2.00 bits per heavy atom. The van der Waals surface area contributed by atoms with Crippen LogP contribution in [0.4, 0.5) is 5.69 Å². The first-order valence-electron chi connectivity index (χ1n) is 7.53. The molecule has 2 aromatic heterocycles. The van der Waals surface area contributed by atoms with Crippen LogP contribution in [0, 0.1) is 0 Å². The van der Waals surface area contributed by atoms with E-state index in [0.29, 0.717) is 17.1 Å². The lowest BCUT2D eigenvalue weighted by atomic mass is 10.3. The number of amides is 1. The fourth-order valence-corrected chi connectivity index (χ4v) is 2.95. The van der Waals surface area contributed by atoms with Gasteiger partial charge in [-0.1, -0.05) is 0 Å². The van der Waals surface area contributed by atoms with Gasteiger partial charge in [-0.25, -0.2) is 4.98 Å². The summed E-state index contributed by atoms with van der Waals surface area (Å²) in [7, 11) is 0. The highest BCUT2D eigenvalue weighted by Crippen LogP contribution is 2.23. The van der Waals surface area contributed by atoms with Crippen LogP contribution >= 0.6 is 11.3 Å². The predicted molar refractivity (Wildman–Crippen MR) is 95.4 cm³/mol. The molecule has 0 aliphatic carbocycles. The van der Waals surface area contributed by atoms with Crippen molar-refractivity contribution in [3.05, 3.63) is 59.9 Å². The number of ether oxygens (including phenoxy) is 1. The highest BCUT2D eigenvalue weighted by Gasteiger charge is 2.11. The standard InChI is InChI=1S/C18H15N3O3S/c1-12(22)20-14-4-6-16(7-5-14)24-17(23)9-15-11-25-18(21-15)13-3-2-8-19-10-13/h2-8,10-11H,9H2,1H3,(H,20,22). The lowest BCUT2D eigenvalue weighted by Crippen LogP contribution is -2.11. The van der Waals surface area contributed by atoms with E-state index < -0.39 is 5.97 Å². The predicted octanol–water partition coefficient (Wildman–Crippen LogP) is 3.31. The zero-order chi connectivity index (χ0) is 17.6. The number of anilines is 1. The van der Waals surface area contributed by atoms with Gasteiger partial charge in [0.15, 0.2) is 0 Å². The third kappa shape index (κ3) is 4.71. The molecule has 0 aliphatic heterocycles. The number of pyridine rings is 1. The van der Waals surface area contributed by atoms with E-state index in [9.17, 15) is 9.59 Å². The molecule has 6 nitrogen and oxygen atoms in total. The number of carbonyl (C=O) groups is 2. The molecule has 126 valence electrons. The molecule has 0 unspecified atom stereocenters. The first-order valence-corrected chi connectivity index (χ1v) is 8.41. The molecule has 0 saturated heterocycles. The monoisotopic (exact) mass is 353 g/mol. The first-order chi connectivity index (χ1) is 12.1. The number of esters is 1. The van der Waals surface area contributed by atoms with Gasteiger partial charge in [-0.15, -0.1) is 11.3 Å². The molecule has 0 fully saturated rings. The summed E-state index contributed by atoms with van der Waals surface area (Å²) in [6, 6.07) is 10.4. The zero-order valence-corrected chi connectivity index (χ0v) is 14.2. The van der Waals surface area contributed by atoms with Crippen LogP contribution in [-0.4, -0.2) is 21.8 Å². The Kier molecular flexibility index (Phi) is 5.15. The van der Waals surface area contributed by atoms with Gasteiger partial charge in [0.1, 0.15) is 10.8 Å². The van der Waals surface area contributed by atoms with Crippen molar-refractivity contribution in [2.24, 2.45) is 0 Å². The summed E-state index contributed by atoms with van der Waals surface area (Å²) >= 11 is 1.46. The molecule has 1 aromatic carbocycles. The molecular weight excluding hydrogens is 338 g/mol. The minimum atomic E-state index is -0.393. The number of thiazole rings is 1. The smallest absolute Gasteiger partial charge is 0.317 e. The molecule has 2 heterocycles. The normalized spacial score (nSPS) is 10.3. The van der Waals surface area contributed by atoms with E-state index >= 15 is 0 Å². The summed E-state index contributed by atoms with van der Waals surface area (Å²) in [5.41, 5.74) is 2.22. The van der Waals surface area contributed by atoms with Gasteiger partial charge >= 0.3 is 5.97 Å². The number of rotatable bonds is 5. The third-order valence-corrected chi connectivity index (χ3v) is 4.13. The SMILES string of the molecule is CC(=O)Nc1ccc(OC(=O)Cc2csc(-c3cccnc3)n2)cc1. The Morgan fingerprint density at radius 3 is 2.68 bits per heavy atom. The fourth-order valence-electron chi connectivity index (χ4n) is 2.14. The summed E-state index contributed by atoms with van der Waals surface area (Å²) < 4.78 is 5.29. The Labute approximate surface area is 148 Å². The minimum absolute atomic E-state index is 0.0875. The molecule has 1 amide bonds. The summed E-state index contributed by atoms with van der Waals surface area (Å²) in [5.74, 6) is -0.130. The van der Waals surface area contributed by atoms with E-state index in [-0.39, 0.29) is 12.3 Å². The maximum atomic E-state index is 12.1. The molecular formula is C18H15N3O3S. The van der Waals surface area contributed by atoms with Crippen molar-refractivity contribution < 1.29 is 14.3 Å². The molecule has 3 rings (SSSR count). The summed E-state index contributed by atoms with van der Waals surface area (Å²) in [4.78, 5) is 31.5. The second kappa shape index (κ2) is 7.67. The van der Waals surface area contributed by atoms with Crippen LogP contribution in [-0.2, 0) is 16.0 Å². The molecule has 0 aliphatic rings. The minimum Gasteiger partial charge on any atom is -0.426 e. The van der Waals surface area contributed by atoms with Gasteiger partial charge in [0.25, 0.3) is 0 Å². The second-order valence-electron chi connectivity index (χ2n) is 5.24. The Balaban J connectivity index is 1.59. The van der Waals surface area contributed by atoms with Crippen molar-refractivity contribution in [3.63, 3.8) is 0 Å². The van der Waals surface area contributed by atoms with Crippen molar-refractivity contribution in [1.29, 1.82) is 0 Å². The van der Waals surface area contributed by atoms with Crippen LogP contribution in [0.25, 0.3) is 10.6 Å². The number of nitrogens with zero attached hydrogens (tertiary/aromatic N) is 2. The van der Waals surface area contributed by atoms with Gasteiger partial charge < -0.3 is 10.1 Å². The topological polar surface area (TPSA) is 81.2 Å². The maximum absolute atomic E-state index is 12.1. The quantitative estimate of drug-likeness (QED) is 0.562. The van der Waals surface area contributed by atoms with Crippen LogP contribution in [0.15, 0.2) is 54.2 Å². The molecule has 3 aromatic rings.